The van der Waals surface area contributed by atoms with Gasteiger partial charge >= 0.3 is 0 Å². The van der Waals surface area contributed by atoms with Gasteiger partial charge in [-0.1, -0.05) is 6.07 Å². The molecule has 28 heavy (non-hydrogen) atoms. The monoisotopic (exact) mass is 377 g/mol. The molecule has 0 amide bonds. The molecule has 5 aromatic rings. The number of furan rings is 1. The summed E-state index contributed by atoms with van der Waals surface area (Å²) in [4.78, 5) is 8.85. The summed E-state index contributed by atoms with van der Waals surface area (Å²) in [7, 11) is 0. The molecule has 4 heterocycles. The minimum Gasteiger partial charge on any atom is -0.504 e. The van der Waals surface area contributed by atoms with Gasteiger partial charge in [0.15, 0.2) is 28.6 Å². The van der Waals surface area contributed by atoms with Gasteiger partial charge in [-0.05, 0) is 42.7 Å². The lowest BCUT2D eigenvalue weighted by Crippen LogP contribution is -2.03. The second kappa shape index (κ2) is 5.98. The topological polar surface area (TPSA) is 151 Å². The van der Waals surface area contributed by atoms with Gasteiger partial charge in [0.25, 0.3) is 0 Å². The number of benzene rings is 1. The highest BCUT2D eigenvalue weighted by Crippen LogP contribution is 2.28. The average Bonchev–Trinajstić information content (AvgIpc) is 3.41. The van der Waals surface area contributed by atoms with Crippen LogP contribution in [0.3, 0.4) is 0 Å². The van der Waals surface area contributed by atoms with Crippen molar-refractivity contribution in [3.63, 3.8) is 0 Å². The normalized spacial score (nSPS) is 11.6. The lowest BCUT2D eigenvalue weighted by molar-refractivity contribution is 0.403. The summed E-state index contributed by atoms with van der Waals surface area (Å²) in [5.41, 5.74) is 8.68. The first kappa shape index (κ1) is 16.1. The van der Waals surface area contributed by atoms with Crippen LogP contribution in [0, 0.1) is 0 Å². The molecule has 5 N–H and O–H groups in total. The van der Waals surface area contributed by atoms with Crippen LogP contribution >= 0.6 is 0 Å². The summed E-state index contributed by atoms with van der Waals surface area (Å²) in [5, 5.41) is 31.5. The van der Waals surface area contributed by atoms with Crippen molar-refractivity contribution in [2.75, 3.05) is 5.73 Å². The number of nitrogens with zero attached hydrogens (tertiary/aromatic N) is 5. The maximum atomic E-state index is 9.67. The number of H-pyrrole nitrogens is 1. The first-order valence-electron chi connectivity index (χ1n) is 8.54. The Hall–Kier alpha value is -4.08. The Labute approximate surface area is 157 Å². The third-order valence-electron chi connectivity index (χ3n) is 4.54. The van der Waals surface area contributed by atoms with Crippen LogP contribution < -0.4 is 5.73 Å². The molecule has 0 aliphatic carbocycles. The second-order valence-electron chi connectivity index (χ2n) is 6.34. The van der Waals surface area contributed by atoms with Crippen LogP contribution in [0.15, 0.2) is 41.0 Å². The van der Waals surface area contributed by atoms with E-state index < -0.39 is 0 Å². The first-order valence-corrected chi connectivity index (χ1v) is 8.54. The molecule has 10 nitrogen and oxygen atoms in total. The SMILES string of the molecule is Nc1nc2n[nH]c(CCc3ccc(O)c(O)c3)c2c2nc(-c3ccco3)nn12. The molecule has 0 atom stereocenters. The van der Waals surface area contributed by atoms with Crippen LogP contribution in [-0.4, -0.2) is 40.0 Å². The lowest BCUT2D eigenvalue weighted by atomic mass is 10.1. The van der Waals surface area contributed by atoms with Crippen molar-refractivity contribution < 1.29 is 14.6 Å². The molecule has 4 aromatic heterocycles. The molecule has 0 fully saturated rings. The van der Waals surface area contributed by atoms with Crippen molar-refractivity contribution in [1.29, 1.82) is 0 Å². The van der Waals surface area contributed by atoms with Crippen LogP contribution in [0.4, 0.5) is 5.95 Å². The largest absolute Gasteiger partial charge is 0.504 e. The van der Waals surface area contributed by atoms with Crippen molar-refractivity contribution in [2.45, 2.75) is 12.8 Å². The second-order valence-corrected chi connectivity index (χ2v) is 6.34. The molecule has 0 spiro atoms. The van der Waals surface area contributed by atoms with Gasteiger partial charge < -0.3 is 20.4 Å². The maximum Gasteiger partial charge on any atom is 0.225 e. The predicted molar refractivity (Wildman–Crippen MR) is 99.7 cm³/mol. The number of aromatic amines is 1. The number of aryl methyl sites for hydroxylation is 2. The number of hydrogen-bond donors (Lipinski definition) is 4. The van der Waals surface area contributed by atoms with Gasteiger partial charge in [-0.2, -0.15) is 14.6 Å². The minimum atomic E-state index is -0.149. The van der Waals surface area contributed by atoms with E-state index in [9.17, 15) is 10.2 Å². The molecule has 1 aromatic carbocycles. The van der Waals surface area contributed by atoms with Crippen molar-refractivity contribution in [2.24, 2.45) is 0 Å². The van der Waals surface area contributed by atoms with Gasteiger partial charge in [0.05, 0.1) is 11.6 Å². The van der Waals surface area contributed by atoms with E-state index in [1.165, 1.54) is 16.6 Å². The summed E-state index contributed by atoms with van der Waals surface area (Å²) in [5.74, 6) is 0.812. The third kappa shape index (κ3) is 2.50. The van der Waals surface area contributed by atoms with Crippen LogP contribution in [0.2, 0.25) is 0 Å². The first-order chi connectivity index (χ1) is 13.6. The summed E-state index contributed by atoms with van der Waals surface area (Å²) >= 11 is 0. The lowest BCUT2D eigenvalue weighted by Gasteiger charge is -2.03. The quantitative estimate of drug-likeness (QED) is 0.347. The molecular weight excluding hydrogens is 362 g/mol. The molecule has 140 valence electrons. The van der Waals surface area contributed by atoms with Gasteiger partial charge in [0.2, 0.25) is 11.8 Å². The minimum absolute atomic E-state index is 0.147. The van der Waals surface area contributed by atoms with Crippen molar-refractivity contribution >= 4 is 22.6 Å². The van der Waals surface area contributed by atoms with E-state index in [1.54, 1.807) is 24.5 Å². The number of rotatable bonds is 4. The fraction of sp³-hybridized carbons (Fsp3) is 0.111. The van der Waals surface area contributed by atoms with Crippen LogP contribution in [0.1, 0.15) is 11.3 Å². The van der Waals surface area contributed by atoms with Gasteiger partial charge in [-0.15, -0.1) is 5.10 Å². The summed E-state index contributed by atoms with van der Waals surface area (Å²) in [6.45, 7) is 0. The van der Waals surface area contributed by atoms with E-state index in [1.807, 2.05) is 0 Å². The number of aromatic nitrogens is 6. The average molecular weight is 377 g/mol. The zero-order valence-electron chi connectivity index (χ0n) is 14.5. The number of nitrogen functional groups attached to an aromatic ring is 1. The molecule has 0 saturated heterocycles. The van der Waals surface area contributed by atoms with Gasteiger partial charge in [0.1, 0.15) is 0 Å². The Balaban J connectivity index is 1.57. The van der Waals surface area contributed by atoms with Crippen LogP contribution in [0.5, 0.6) is 11.5 Å². The summed E-state index contributed by atoms with van der Waals surface area (Å²) < 4.78 is 6.84. The highest BCUT2D eigenvalue weighted by atomic mass is 16.3. The van der Waals surface area contributed by atoms with E-state index in [-0.39, 0.29) is 17.4 Å². The van der Waals surface area contributed by atoms with Crippen molar-refractivity contribution in [1.82, 2.24) is 29.8 Å². The Morgan fingerprint density at radius 3 is 2.79 bits per heavy atom. The molecule has 10 heteroatoms. The van der Waals surface area contributed by atoms with Gasteiger partial charge in [-0.25, -0.2) is 4.98 Å². The number of nitrogens with one attached hydrogen (secondary N) is 1. The number of phenolic OH excluding ortho intramolecular Hbond substituents is 2. The standard InChI is InChI=1S/C18H15N7O3/c19-18-21-16-14(17-20-15(24-25(17)18)13-2-1-7-28-13)10(22-23-16)5-3-9-4-6-11(26)12(27)8-9/h1-2,4,6-8,26-27H,3,5H2,(H3,19,21,22,23). The molecule has 5 rings (SSSR count). The zero-order valence-corrected chi connectivity index (χ0v) is 14.5. The number of hydrogen-bond acceptors (Lipinski definition) is 8. The molecule has 0 aliphatic heterocycles. The predicted octanol–water partition coefficient (Wildman–Crippen LogP) is 2.04. The molecule has 0 radical (unpaired) electrons. The van der Waals surface area contributed by atoms with Crippen LogP contribution in [-0.2, 0) is 12.8 Å². The number of fused-ring (bicyclic) bond motifs is 3. The zero-order chi connectivity index (χ0) is 19.3. The summed E-state index contributed by atoms with van der Waals surface area (Å²) in [6, 6.07) is 8.28. The van der Waals surface area contributed by atoms with Crippen molar-refractivity contribution in [3.05, 3.63) is 47.9 Å². The molecule has 0 bridgehead atoms. The van der Waals surface area contributed by atoms with E-state index >= 15 is 0 Å². The maximum absolute atomic E-state index is 9.67. The summed E-state index contributed by atoms with van der Waals surface area (Å²) in [6.07, 6.45) is 2.75. The third-order valence-corrected chi connectivity index (χ3v) is 4.54. The molecular formula is C18H15N7O3. The number of phenols is 2. The molecule has 0 aliphatic rings. The fourth-order valence-electron chi connectivity index (χ4n) is 3.16. The van der Waals surface area contributed by atoms with Gasteiger partial charge in [-0.3, -0.25) is 5.10 Å². The van der Waals surface area contributed by atoms with E-state index in [0.717, 1.165) is 16.6 Å². The van der Waals surface area contributed by atoms with E-state index in [2.05, 4.69) is 25.3 Å². The Bertz CT molecular complexity index is 1300. The number of nitrogens with two attached hydrogens (primary N) is 1. The molecule has 0 unspecified atom stereocenters. The fourth-order valence-corrected chi connectivity index (χ4v) is 3.16. The van der Waals surface area contributed by atoms with E-state index in [0.29, 0.717) is 35.7 Å². The number of aromatic hydroxyl groups is 2. The highest BCUT2D eigenvalue weighted by Gasteiger charge is 2.19. The Morgan fingerprint density at radius 1 is 1.11 bits per heavy atom. The molecule has 0 saturated carbocycles. The van der Waals surface area contributed by atoms with E-state index in [4.69, 9.17) is 10.2 Å². The number of anilines is 1. The Morgan fingerprint density at radius 2 is 2.00 bits per heavy atom. The smallest absolute Gasteiger partial charge is 0.225 e. The van der Waals surface area contributed by atoms with Gasteiger partial charge in [0, 0.05) is 5.69 Å². The van der Waals surface area contributed by atoms with Crippen LogP contribution in [0.25, 0.3) is 28.3 Å². The highest BCUT2D eigenvalue weighted by molar-refractivity contribution is 5.92. The Kier molecular flexibility index (Phi) is 3.44. The van der Waals surface area contributed by atoms with Crippen molar-refractivity contribution in [3.8, 4) is 23.1 Å².